The van der Waals surface area contributed by atoms with Gasteiger partial charge in [-0.05, 0) is 66.1 Å². The number of benzene rings is 3. The van der Waals surface area contributed by atoms with E-state index in [9.17, 15) is 26.3 Å². The molecule has 0 bridgehead atoms. The maximum Gasteiger partial charge on any atom is 0.412 e. The number of halogens is 6. The van der Waals surface area contributed by atoms with Crippen LogP contribution in [0.2, 0.25) is 0 Å². The van der Waals surface area contributed by atoms with Crippen LogP contribution in [0.1, 0.15) is 12.0 Å². The van der Waals surface area contributed by atoms with Crippen LogP contribution in [0.4, 0.5) is 26.3 Å². The summed E-state index contributed by atoms with van der Waals surface area (Å²) in [6.45, 7) is 0. The number of allylic oxidation sites excluding steroid dienone is 4. The fraction of sp³-hybridized carbons (Fsp3) is 0.214. The van der Waals surface area contributed by atoms with Gasteiger partial charge in [0.2, 0.25) is 0 Å². The monoisotopic (exact) mass is 517 g/mol. The van der Waals surface area contributed by atoms with Crippen LogP contribution in [0.25, 0.3) is 33.1 Å². The second-order valence-corrected chi connectivity index (χ2v) is 8.76. The van der Waals surface area contributed by atoms with Crippen LogP contribution < -0.4 is 9.47 Å². The van der Waals surface area contributed by atoms with E-state index in [2.05, 4.69) is 0 Å². The molecule has 5 rings (SSSR count). The number of rotatable bonds is 4. The molecule has 0 aliphatic heterocycles. The molecule has 0 spiro atoms. The number of hydrogen-bond donors (Lipinski definition) is 0. The van der Waals surface area contributed by atoms with Crippen molar-refractivity contribution in [3.8, 4) is 17.2 Å². The van der Waals surface area contributed by atoms with Crippen molar-refractivity contribution >= 4 is 27.4 Å². The van der Waals surface area contributed by atoms with E-state index in [1.54, 1.807) is 26.4 Å². The van der Waals surface area contributed by atoms with Crippen molar-refractivity contribution in [2.75, 3.05) is 14.2 Å². The van der Waals surface area contributed by atoms with Crippen LogP contribution in [-0.2, 0) is 0 Å². The molecule has 1 aliphatic carbocycles. The van der Waals surface area contributed by atoms with E-state index < -0.39 is 30.3 Å². The zero-order valence-corrected chi connectivity index (χ0v) is 19.7. The SMILES string of the molecule is COc1ccc2c(c1)c1cc(OC)ccc1n2-c1ccc(C2=CC=C(C(F)(F)F)CC2C(F)(F)F)cc1. The second kappa shape index (κ2) is 8.90. The van der Waals surface area contributed by atoms with E-state index in [0.29, 0.717) is 17.2 Å². The first-order valence-corrected chi connectivity index (χ1v) is 11.3. The summed E-state index contributed by atoms with van der Waals surface area (Å²) in [6, 6.07) is 17.6. The van der Waals surface area contributed by atoms with Gasteiger partial charge in [0.15, 0.2) is 0 Å². The normalized spacial score (nSPS) is 16.6. The minimum Gasteiger partial charge on any atom is -0.497 e. The third kappa shape index (κ3) is 4.43. The maximum atomic E-state index is 13.8. The molecule has 0 amide bonds. The molecule has 37 heavy (non-hydrogen) atoms. The molecular weight excluding hydrogens is 496 g/mol. The highest BCUT2D eigenvalue weighted by Crippen LogP contribution is 2.46. The molecule has 0 fully saturated rings. The van der Waals surface area contributed by atoms with Gasteiger partial charge in [-0.2, -0.15) is 26.3 Å². The minimum atomic E-state index is -4.82. The lowest BCUT2D eigenvalue weighted by molar-refractivity contribution is -0.162. The van der Waals surface area contributed by atoms with Gasteiger partial charge in [-0.3, -0.25) is 0 Å². The van der Waals surface area contributed by atoms with Gasteiger partial charge in [-0.15, -0.1) is 0 Å². The van der Waals surface area contributed by atoms with E-state index in [-0.39, 0.29) is 11.1 Å². The zero-order valence-electron chi connectivity index (χ0n) is 19.7. The van der Waals surface area contributed by atoms with Gasteiger partial charge in [0.25, 0.3) is 0 Å². The highest BCUT2D eigenvalue weighted by Gasteiger charge is 2.47. The first-order chi connectivity index (χ1) is 17.5. The number of hydrogen-bond acceptors (Lipinski definition) is 2. The minimum absolute atomic E-state index is 0.191. The molecule has 3 nitrogen and oxygen atoms in total. The number of alkyl halides is 6. The van der Waals surface area contributed by atoms with E-state index in [1.165, 1.54) is 12.1 Å². The Labute approximate surface area is 208 Å². The van der Waals surface area contributed by atoms with Gasteiger partial charge in [0.1, 0.15) is 11.5 Å². The Hall–Kier alpha value is -3.88. The standard InChI is InChI=1S/C28H21F6NO2/c1-36-19-8-11-25-22(14-19)23-15-20(37-2)9-12-26(23)35(25)18-6-3-16(4-7-18)21-10-5-17(27(29,30)31)13-24(21)28(32,33)34/h3-12,14-15,24H,13H2,1-2H3. The number of ether oxygens (including phenoxy) is 2. The topological polar surface area (TPSA) is 23.4 Å². The first-order valence-electron chi connectivity index (χ1n) is 11.3. The van der Waals surface area contributed by atoms with Crippen LogP contribution in [0.15, 0.2) is 78.4 Å². The average Bonchev–Trinajstić information content (AvgIpc) is 3.20. The fourth-order valence-corrected chi connectivity index (χ4v) is 4.82. The third-order valence-electron chi connectivity index (χ3n) is 6.66. The van der Waals surface area contributed by atoms with Gasteiger partial charge >= 0.3 is 12.4 Å². The molecule has 0 saturated heterocycles. The van der Waals surface area contributed by atoms with Crippen molar-refractivity contribution in [2.24, 2.45) is 5.92 Å². The number of nitrogens with zero attached hydrogens (tertiary/aromatic N) is 1. The quantitative estimate of drug-likeness (QED) is 0.255. The molecule has 0 N–H and O–H groups in total. The molecule has 1 atom stereocenters. The number of aromatic nitrogens is 1. The predicted octanol–water partition coefficient (Wildman–Crippen LogP) is 8.26. The van der Waals surface area contributed by atoms with E-state index in [1.807, 2.05) is 41.0 Å². The summed E-state index contributed by atoms with van der Waals surface area (Å²) >= 11 is 0. The lowest BCUT2D eigenvalue weighted by Gasteiger charge is -2.28. The molecule has 9 heteroatoms. The Bertz CT molecular complexity index is 1480. The molecule has 1 unspecified atom stereocenters. The molecule has 4 aromatic rings. The van der Waals surface area contributed by atoms with Crippen molar-refractivity contribution in [1.29, 1.82) is 0 Å². The smallest absolute Gasteiger partial charge is 0.412 e. The lowest BCUT2D eigenvalue weighted by Crippen LogP contribution is -2.29. The van der Waals surface area contributed by atoms with Crippen molar-refractivity contribution in [2.45, 2.75) is 18.8 Å². The van der Waals surface area contributed by atoms with E-state index in [0.717, 1.165) is 34.0 Å². The fourth-order valence-electron chi connectivity index (χ4n) is 4.82. The molecule has 0 radical (unpaired) electrons. The summed E-state index contributed by atoms with van der Waals surface area (Å²) in [7, 11) is 3.14. The Morgan fingerprint density at radius 1 is 0.730 bits per heavy atom. The summed E-state index contributed by atoms with van der Waals surface area (Å²) in [5.74, 6) is -0.912. The highest BCUT2D eigenvalue weighted by molar-refractivity contribution is 6.10. The Morgan fingerprint density at radius 3 is 1.73 bits per heavy atom. The molecule has 0 saturated carbocycles. The van der Waals surface area contributed by atoms with Gasteiger partial charge in [-0.25, -0.2) is 0 Å². The third-order valence-corrected chi connectivity index (χ3v) is 6.66. The van der Waals surface area contributed by atoms with Crippen LogP contribution >= 0.6 is 0 Å². The Morgan fingerprint density at radius 2 is 1.27 bits per heavy atom. The van der Waals surface area contributed by atoms with Crippen LogP contribution in [-0.4, -0.2) is 31.1 Å². The maximum absolute atomic E-state index is 13.8. The predicted molar refractivity (Wildman–Crippen MR) is 130 cm³/mol. The summed E-state index contributed by atoms with van der Waals surface area (Å²) in [6.07, 6.45) is -9.10. The molecule has 1 aromatic heterocycles. The molecule has 192 valence electrons. The van der Waals surface area contributed by atoms with Gasteiger partial charge in [0.05, 0.1) is 31.2 Å². The van der Waals surface area contributed by atoms with Crippen LogP contribution in [0, 0.1) is 5.92 Å². The summed E-state index contributed by atoms with van der Waals surface area (Å²) < 4.78 is 93.3. The largest absolute Gasteiger partial charge is 0.497 e. The number of fused-ring (bicyclic) bond motifs is 3. The number of methoxy groups -OCH3 is 2. The first kappa shape index (κ1) is 24.8. The molecular formula is C28H21F6NO2. The molecule has 1 heterocycles. The molecule has 1 aliphatic rings. The van der Waals surface area contributed by atoms with E-state index >= 15 is 0 Å². The molecule has 3 aromatic carbocycles. The zero-order chi connectivity index (χ0) is 26.5. The van der Waals surface area contributed by atoms with Gasteiger partial charge in [-0.1, -0.05) is 24.3 Å². The summed E-state index contributed by atoms with van der Waals surface area (Å²) in [4.78, 5) is 0. The van der Waals surface area contributed by atoms with Crippen molar-refractivity contribution in [3.05, 3.63) is 84.0 Å². The van der Waals surface area contributed by atoms with Crippen LogP contribution in [0.3, 0.4) is 0 Å². The summed E-state index contributed by atoms with van der Waals surface area (Å²) in [5.41, 5.74) is 1.22. The average molecular weight is 517 g/mol. The van der Waals surface area contributed by atoms with Gasteiger partial charge in [0, 0.05) is 22.0 Å². The van der Waals surface area contributed by atoms with Gasteiger partial charge < -0.3 is 14.0 Å². The summed E-state index contributed by atoms with van der Waals surface area (Å²) in [5, 5.41) is 1.79. The van der Waals surface area contributed by atoms with Crippen molar-refractivity contribution < 1.29 is 35.8 Å². The van der Waals surface area contributed by atoms with E-state index in [4.69, 9.17) is 9.47 Å². The Kier molecular flexibility index (Phi) is 5.96. The van der Waals surface area contributed by atoms with Crippen molar-refractivity contribution in [1.82, 2.24) is 4.57 Å². The lowest BCUT2D eigenvalue weighted by atomic mass is 9.82. The second-order valence-electron chi connectivity index (χ2n) is 8.76. The highest BCUT2D eigenvalue weighted by atomic mass is 19.4. The Balaban J connectivity index is 1.63. The van der Waals surface area contributed by atoms with Crippen molar-refractivity contribution in [3.63, 3.8) is 0 Å². The van der Waals surface area contributed by atoms with Crippen LogP contribution in [0.5, 0.6) is 11.5 Å².